The normalized spacial score (nSPS) is 17.9. The van der Waals surface area contributed by atoms with E-state index in [-0.39, 0.29) is 16.5 Å². The van der Waals surface area contributed by atoms with Gasteiger partial charge in [0.05, 0.1) is 27.9 Å². The van der Waals surface area contributed by atoms with Crippen LogP contribution in [0.15, 0.2) is 45.8 Å². The first-order valence-corrected chi connectivity index (χ1v) is 11.3. The predicted octanol–water partition coefficient (Wildman–Crippen LogP) is 5.33. The molecule has 2 aromatic rings. The summed E-state index contributed by atoms with van der Waals surface area (Å²) in [6, 6.07) is 9.51. The number of ether oxygens (including phenoxy) is 1. The van der Waals surface area contributed by atoms with Crippen molar-refractivity contribution >= 4 is 37.1 Å². The average Bonchev–Trinajstić information content (AvgIpc) is 2.74. The Morgan fingerprint density at radius 2 is 1.81 bits per heavy atom. The van der Waals surface area contributed by atoms with Crippen molar-refractivity contribution < 1.29 is 17.5 Å². The molecule has 1 aliphatic heterocycles. The Morgan fingerprint density at radius 3 is 2.37 bits per heavy atom. The Hall–Kier alpha value is -1.60. The Labute approximate surface area is 168 Å². The molecule has 1 heterocycles. The smallest absolute Gasteiger partial charge is 0.181 e. The van der Waals surface area contributed by atoms with Crippen molar-refractivity contribution in [3.63, 3.8) is 0 Å². The molecule has 0 amide bonds. The molecule has 1 aliphatic rings. The van der Waals surface area contributed by atoms with E-state index < -0.39 is 15.3 Å². The van der Waals surface area contributed by atoms with Crippen LogP contribution in [0.5, 0.6) is 5.75 Å². The van der Waals surface area contributed by atoms with Gasteiger partial charge in [0.1, 0.15) is 11.6 Å². The molecule has 0 spiro atoms. The van der Waals surface area contributed by atoms with E-state index >= 15 is 0 Å². The summed E-state index contributed by atoms with van der Waals surface area (Å²) in [7, 11) is -2.02. The van der Waals surface area contributed by atoms with E-state index in [4.69, 9.17) is 4.74 Å². The second-order valence-corrected chi connectivity index (χ2v) is 9.80. The van der Waals surface area contributed by atoms with Crippen LogP contribution in [0.1, 0.15) is 26.7 Å². The molecule has 0 radical (unpaired) electrons. The van der Waals surface area contributed by atoms with Crippen molar-refractivity contribution in [2.24, 2.45) is 5.41 Å². The van der Waals surface area contributed by atoms with Gasteiger partial charge >= 0.3 is 0 Å². The molecule has 3 rings (SSSR count). The van der Waals surface area contributed by atoms with Gasteiger partial charge in [0, 0.05) is 23.7 Å². The third-order valence-electron chi connectivity index (χ3n) is 5.49. The summed E-state index contributed by atoms with van der Waals surface area (Å²) in [5, 5.41) is 0. The number of rotatable bonds is 4. The molecule has 0 bridgehead atoms. The molecule has 27 heavy (non-hydrogen) atoms. The van der Waals surface area contributed by atoms with Crippen LogP contribution >= 0.6 is 15.9 Å². The Morgan fingerprint density at radius 1 is 1.19 bits per heavy atom. The van der Waals surface area contributed by atoms with E-state index in [9.17, 15) is 12.8 Å². The zero-order valence-corrected chi connectivity index (χ0v) is 18.0. The number of methoxy groups -OCH3 is 1. The molecule has 0 atom stereocenters. The Bertz CT molecular complexity index is 940. The molecular formula is C20H23BrFNO3S. The highest BCUT2D eigenvalue weighted by Gasteiger charge is 2.41. The van der Waals surface area contributed by atoms with Gasteiger partial charge in [-0.2, -0.15) is 0 Å². The van der Waals surface area contributed by atoms with Gasteiger partial charge < -0.3 is 9.64 Å². The second kappa shape index (κ2) is 7.43. The number of hydrogen-bond acceptors (Lipinski definition) is 4. The maximum absolute atomic E-state index is 13.5. The first-order valence-electron chi connectivity index (χ1n) is 8.88. The molecule has 4 nitrogen and oxygen atoms in total. The van der Waals surface area contributed by atoms with Crippen molar-refractivity contribution in [2.75, 3.05) is 24.3 Å². The molecular weight excluding hydrogens is 433 g/mol. The van der Waals surface area contributed by atoms with Crippen LogP contribution in [-0.4, -0.2) is 27.8 Å². The van der Waals surface area contributed by atoms with Crippen LogP contribution in [0, 0.1) is 11.2 Å². The molecule has 0 aliphatic carbocycles. The van der Waals surface area contributed by atoms with E-state index in [1.165, 1.54) is 19.2 Å². The first-order chi connectivity index (χ1) is 12.7. The van der Waals surface area contributed by atoms with Crippen LogP contribution in [-0.2, 0) is 9.84 Å². The van der Waals surface area contributed by atoms with Crippen LogP contribution in [0.4, 0.5) is 15.8 Å². The van der Waals surface area contributed by atoms with Gasteiger partial charge in [0.2, 0.25) is 0 Å². The highest BCUT2D eigenvalue weighted by Crippen LogP contribution is 2.46. The largest absolute Gasteiger partial charge is 0.496 e. The Kier molecular flexibility index (Phi) is 5.54. The number of nitrogens with zero attached hydrogens (tertiary/aromatic N) is 1. The van der Waals surface area contributed by atoms with Crippen LogP contribution < -0.4 is 9.64 Å². The molecule has 0 saturated carbocycles. The summed E-state index contributed by atoms with van der Waals surface area (Å²) in [5.74, 6) is 0.217. The van der Waals surface area contributed by atoms with E-state index in [0.717, 1.165) is 18.5 Å². The van der Waals surface area contributed by atoms with E-state index in [2.05, 4.69) is 15.9 Å². The van der Waals surface area contributed by atoms with Gasteiger partial charge in [-0.05, 0) is 59.1 Å². The second-order valence-electron chi connectivity index (χ2n) is 6.98. The molecule has 0 unspecified atom stereocenters. The average molecular weight is 456 g/mol. The zero-order chi connectivity index (χ0) is 19.8. The molecule has 146 valence electrons. The topological polar surface area (TPSA) is 46.6 Å². The minimum absolute atomic E-state index is 0.0719. The van der Waals surface area contributed by atoms with Crippen LogP contribution in [0.3, 0.4) is 0 Å². The van der Waals surface area contributed by atoms with Crippen molar-refractivity contribution in [2.45, 2.75) is 31.6 Å². The fraction of sp³-hybridized carbons (Fsp3) is 0.400. The van der Waals surface area contributed by atoms with Crippen molar-refractivity contribution in [1.82, 2.24) is 0 Å². The number of benzene rings is 2. The fourth-order valence-electron chi connectivity index (χ4n) is 3.62. The standard InChI is InChI=1S/C20H23BrFNO3S/c1-4-20(5-2)12-23(15-8-6-14(22)7-9-15)17-10-16(21)18(26-3)11-19(17)27(24,25)13-20/h6-11H,4-5,12-13H2,1-3H3. The third kappa shape index (κ3) is 3.72. The number of anilines is 2. The summed E-state index contributed by atoms with van der Waals surface area (Å²) in [4.78, 5) is 2.23. The monoisotopic (exact) mass is 455 g/mol. The quantitative estimate of drug-likeness (QED) is 0.624. The van der Waals surface area contributed by atoms with E-state index in [1.807, 2.05) is 18.7 Å². The van der Waals surface area contributed by atoms with Crippen molar-refractivity contribution in [3.05, 3.63) is 46.7 Å². The van der Waals surface area contributed by atoms with Gasteiger partial charge in [-0.3, -0.25) is 0 Å². The summed E-state index contributed by atoms with van der Waals surface area (Å²) >= 11 is 3.47. The minimum Gasteiger partial charge on any atom is -0.496 e. The number of halogens is 2. The maximum atomic E-state index is 13.5. The first kappa shape index (κ1) is 20.1. The van der Waals surface area contributed by atoms with Gasteiger partial charge in [0.15, 0.2) is 9.84 Å². The minimum atomic E-state index is -3.53. The lowest BCUT2D eigenvalue weighted by Crippen LogP contribution is -2.37. The third-order valence-corrected chi connectivity index (χ3v) is 8.10. The van der Waals surface area contributed by atoms with Crippen molar-refractivity contribution in [1.29, 1.82) is 0 Å². The molecule has 2 aromatic carbocycles. The summed E-state index contributed by atoms with van der Waals surface area (Å²) in [6.45, 7) is 4.58. The molecule has 7 heteroatoms. The van der Waals surface area contributed by atoms with Gasteiger partial charge in [-0.25, -0.2) is 12.8 Å². The zero-order valence-electron chi connectivity index (χ0n) is 15.6. The van der Waals surface area contributed by atoms with E-state index in [1.54, 1.807) is 24.3 Å². The summed E-state index contributed by atoms with van der Waals surface area (Å²) in [6.07, 6.45) is 1.46. The summed E-state index contributed by atoms with van der Waals surface area (Å²) in [5.41, 5.74) is 0.947. The van der Waals surface area contributed by atoms with Gasteiger partial charge in [-0.15, -0.1) is 0 Å². The van der Waals surface area contributed by atoms with E-state index in [0.29, 0.717) is 22.5 Å². The molecule has 0 saturated heterocycles. The van der Waals surface area contributed by atoms with Crippen LogP contribution in [0.2, 0.25) is 0 Å². The van der Waals surface area contributed by atoms with Gasteiger partial charge in [0.25, 0.3) is 0 Å². The highest BCUT2D eigenvalue weighted by atomic mass is 79.9. The van der Waals surface area contributed by atoms with Gasteiger partial charge in [-0.1, -0.05) is 13.8 Å². The summed E-state index contributed by atoms with van der Waals surface area (Å²) < 4.78 is 46.0. The lowest BCUT2D eigenvalue weighted by Gasteiger charge is -2.35. The van der Waals surface area contributed by atoms with Crippen molar-refractivity contribution in [3.8, 4) is 5.75 Å². The number of sulfone groups is 1. The SMILES string of the molecule is CCC1(CC)CN(c2ccc(F)cc2)c2cc(Br)c(OC)cc2S(=O)(=O)C1. The lowest BCUT2D eigenvalue weighted by molar-refractivity contribution is 0.313. The molecule has 0 N–H and O–H groups in total. The Balaban J connectivity index is 2.30. The number of hydrogen-bond donors (Lipinski definition) is 0. The maximum Gasteiger partial charge on any atom is 0.181 e. The predicted molar refractivity (Wildman–Crippen MR) is 109 cm³/mol. The fourth-order valence-corrected chi connectivity index (χ4v) is 6.35. The molecule has 0 aromatic heterocycles. The molecule has 0 fully saturated rings. The highest BCUT2D eigenvalue weighted by molar-refractivity contribution is 9.10. The number of fused-ring (bicyclic) bond motifs is 1. The van der Waals surface area contributed by atoms with Crippen LogP contribution in [0.25, 0.3) is 0 Å². The lowest BCUT2D eigenvalue weighted by atomic mass is 9.83.